The number of hydrogen-bond acceptors (Lipinski definition) is 2. The van der Waals surface area contributed by atoms with E-state index < -0.39 is 0 Å². The second-order valence-corrected chi connectivity index (χ2v) is 5.39. The van der Waals surface area contributed by atoms with Gasteiger partial charge in [0.1, 0.15) is 12.4 Å². The van der Waals surface area contributed by atoms with E-state index in [4.69, 9.17) is 4.74 Å². The maximum Gasteiger partial charge on any atom is 0.314 e. The van der Waals surface area contributed by atoms with Crippen molar-refractivity contribution in [2.75, 3.05) is 19.7 Å². The topological polar surface area (TPSA) is 50.4 Å². The van der Waals surface area contributed by atoms with Crippen molar-refractivity contribution in [3.05, 3.63) is 65.7 Å². The number of amides is 2. The van der Waals surface area contributed by atoms with Crippen molar-refractivity contribution in [3.63, 3.8) is 0 Å². The van der Waals surface area contributed by atoms with Gasteiger partial charge in [0.05, 0.1) is 6.54 Å². The number of carbonyl (C=O) groups excluding carboxylic acids is 1. The first-order valence-corrected chi connectivity index (χ1v) is 8.00. The van der Waals surface area contributed by atoms with Gasteiger partial charge < -0.3 is 15.4 Å². The van der Waals surface area contributed by atoms with Gasteiger partial charge in [-0.15, -0.1) is 0 Å². The summed E-state index contributed by atoms with van der Waals surface area (Å²) >= 11 is 0. The SMILES string of the molecule is Cc1ccccc1OCCNC(=O)NCCCc1ccccc1. The predicted molar refractivity (Wildman–Crippen MR) is 92.8 cm³/mol. The van der Waals surface area contributed by atoms with Gasteiger partial charge in [0.2, 0.25) is 0 Å². The van der Waals surface area contributed by atoms with E-state index in [0.717, 1.165) is 24.2 Å². The highest BCUT2D eigenvalue weighted by Gasteiger charge is 2.01. The van der Waals surface area contributed by atoms with Crippen LogP contribution in [0.2, 0.25) is 0 Å². The first-order valence-electron chi connectivity index (χ1n) is 8.00. The highest BCUT2D eigenvalue weighted by atomic mass is 16.5. The van der Waals surface area contributed by atoms with Gasteiger partial charge >= 0.3 is 6.03 Å². The molecule has 0 radical (unpaired) electrons. The lowest BCUT2D eigenvalue weighted by atomic mass is 10.1. The number of ether oxygens (including phenoxy) is 1. The quantitative estimate of drug-likeness (QED) is 0.735. The summed E-state index contributed by atoms with van der Waals surface area (Å²) in [7, 11) is 0. The fourth-order valence-electron chi connectivity index (χ4n) is 2.25. The van der Waals surface area contributed by atoms with Crippen LogP contribution >= 0.6 is 0 Å². The molecule has 122 valence electrons. The summed E-state index contributed by atoms with van der Waals surface area (Å²) in [6, 6.07) is 18.0. The molecule has 0 bridgehead atoms. The normalized spacial score (nSPS) is 10.1. The number of aryl methyl sites for hydroxylation is 2. The van der Waals surface area contributed by atoms with E-state index in [9.17, 15) is 4.79 Å². The minimum Gasteiger partial charge on any atom is -0.491 e. The number of hydrogen-bond donors (Lipinski definition) is 2. The molecule has 0 saturated carbocycles. The van der Waals surface area contributed by atoms with Gasteiger partial charge in [0.15, 0.2) is 0 Å². The molecule has 0 spiro atoms. The zero-order valence-electron chi connectivity index (χ0n) is 13.5. The summed E-state index contributed by atoms with van der Waals surface area (Å²) in [6.07, 6.45) is 1.90. The number of benzene rings is 2. The Bertz CT molecular complexity index is 599. The van der Waals surface area contributed by atoms with Crippen molar-refractivity contribution in [2.45, 2.75) is 19.8 Å². The zero-order chi connectivity index (χ0) is 16.3. The molecule has 2 amide bonds. The van der Waals surface area contributed by atoms with Crippen molar-refractivity contribution in [3.8, 4) is 5.75 Å². The molecule has 0 heterocycles. The van der Waals surface area contributed by atoms with Gasteiger partial charge in [-0.2, -0.15) is 0 Å². The minimum absolute atomic E-state index is 0.147. The van der Waals surface area contributed by atoms with E-state index >= 15 is 0 Å². The van der Waals surface area contributed by atoms with Gasteiger partial charge in [0.25, 0.3) is 0 Å². The molecule has 4 heteroatoms. The maximum absolute atomic E-state index is 11.7. The van der Waals surface area contributed by atoms with Gasteiger partial charge in [-0.1, -0.05) is 48.5 Å². The van der Waals surface area contributed by atoms with Crippen LogP contribution in [0.15, 0.2) is 54.6 Å². The fourth-order valence-corrected chi connectivity index (χ4v) is 2.25. The van der Waals surface area contributed by atoms with Crippen LogP contribution in [0.4, 0.5) is 4.79 Å². The Morgan fingerprint density at radius 2 is 1.65 bits per heavy atom. The van der Waals surface area contributed by atoms with E-state index in [1.807, 2.05) is 49.4 Å². The van der Waals surface area contributed by atoms with E-state index in [1.54, 1.807) is 0 Å². The Balaban J connectivity index is 1.53. The van der Waals surface area contributed by atoms with Crippen LogP contribution < -0.4 is 15.4 Å². The molecule has 2 rings (SSSR count). The Morgan fingerprint density at radius 1 is 0.957 bits per heavy atom. The number of nitrogens with one attached hydrogen (secondary N) is 2. The summed E-state index contributed by atoms with van der Waals surface area (Å²) in [4.78, 5) is 11.7. The Morgan fingerprint density at radius 3 is 2.43 bits per heavy atom. The van der Waals surface area contributed by atoms with Gasteiger partial charge in [-0.25, -0.2) is 4.79 Å². The van der Waals surface area contributed by atoms with Crippen molar-refractivity contribution >= 4 is 6.03 Å². The van der Waals surface area contributed by atoms with E-state index in [0.29, 0.717) is 19.7 Å². The predicted octanol–water partition coefficient (Wildman–Crippen LogP) is 3.31. The van der Waals surface area contributed by atoms with Crippen LogP contribution in [0.1, 0.15) is 17.5 Å². The lowest BCUT2D eigenvalue weighted by molar-refractivity contribution is 0.236. The number of urea groups is 1. The first kappa shape index (κ1) is 16.9. The third-order valence-electron chi connectivity index (χ3n) is 3.51. The molecule has 0 aliphatic rings. The molecule has 0 aromatic heterocycles. The second kappa shape index (κ2) is 9.51. The van der Waals surface area contributed by atoms with Crippen molar-refractivity contribution in [1.82, 2.24) is 10.6 Å². The molecule has 0 fully saturated rings. The van der Waals surface area contributed by atoms with E-state index in [-0.39, 0.29) is 6.03 Å². The van der Waals surface area contributed by atoms with Crippen LogP contribution in [0.3, 0.4) is 0 Å². The molecule has 23 heavy (non-hydrogen) atoms. The Kier molecular flexibility index (Phi) is 6.98. The van der Waals surface area contributed by atoms with Crippen LogP contribution in [-0.2, 0) is 6.42 Å². The number of para-hydroxylation sites is 1. The Labute approximate surface area is 137 Å². The third-order valence-corrected chi connectivity index (χ3v) is 3.51. The molecule has 0 atom stereocenters. The van der Waals surface area contributed by atoms with Crippen molar-refractivity contribution in [1.29, 1.82) is 0 Å². The smallest absolute Gasteiger partial charge is 0.314 e. The lowest BCUT2D eigenvalue weighted by Crippen LogP contribution is -2.38. The van der Waals surface area contributed by atoms with Crippen molar-refractivity contribution < 1.29 is 9.53 Å². The third kappa shape index (κ3) is 6.43. The minimum atomic E-state index is -0.147. The molecular formula is C19H24N2O2. The molecular weight excluding hydrogens is 288 g/mol. The summed E-state index contributed by atoms with van der Waals surface area (Å²) in [5.41, 5.74) is 2.39. The molecule has 0 unspecified atom stereocenters. The maximum atomic E-state index is 11.7. The van der Waals surface area contributed by atoms with E-state index in [2.05, 4.69) is 22.8 Å². The first-order chi connectivity index (χ1) is 11.3. The standard InChI is InChI=1S/C19H24N2O2/c1-16-8-5-6-12-18(16)23-15-14-21-19(22)20-13-7-11-17-9-3-2-4-10-17/h2-6,8-10,12H,7,11,13-15H2,1H3,(H2,20,21,22). The summed E-state index contributed by atoms with van der Waals surface area (Å²) in [5.74, 6) is 0.859. The summed E-state index contributed by atoms with van der Waals surface area (Å²) < 4.78 is 5.63. The lowest BCUT2D eigenvalue weighted by Gasteiger charge is -2.10. The highest BCUT2D eigenvalue weighted by molar-refractivity contribution is 5.73. The van der Waals surface area contributed by atoms with Gasteiger partial charge in [0, 0.05) is 6.54 Å². The molecule has 0 aliphatic carbocycles. The number of carbonyl (C=O) groups is 1. The van der Waals surface area contributed by atoms with Gasteiger partial charge in [-0.3, -0.25) is 0 Å². The van der Waals surface area contributed by atoms with E-state index in [1.165, 1.54) is 5.56 Å². The molecule has 2 N–H and O–H groups in total. The molecule has 2 aromatic carbocycles. The monoisotopic (exact) mass is 312 g/mol. The molecule has 0 aliphatic heterocycles. The second-order valence-electron chi connectivity index (χ2n) is 5.39. The fraction of sp³-hybridized carbons (Fsp3) is 0.316. The van der Waals surface area contributed by atoms with Crippen LogP contribution in [-0.4, -0.2) is 25.7 Å². The largest absolute Gasteiger partial charge is 0.491 e. The molecule has 2 aromatic rings. The summed E-state index contributed by atoms with van der Waals surface area (Å²) in [6.45, 7) is 3.61. The van der Waals surface area contributed by atoms with Gasteiger partial charge in [-0.05, 0) is 37.0 Å². The average Bonchev–Trinajstić information content (AvgIpc) is 2.58. The van der Waals surface area contributed by atoms with Crippen molar-refractivity contribution in [2.24, 2.45) is 0 Å². The molecule has 4 nitrogen and oxygen atoms in total. The van der Waals surface area contributed by atoms with Crippen LogP contribution in [0.25, 0.3) is 0 Å². The van der Waals surface area contributed by atoms with Crippen LogP contribution in [0.5, 0.6) is 5.75 Å². The van der Waals surface area contributed by atoms with Crippen LogP contribution in [0, 0.1) is 6.92 Å². The average molecular weight is 312 g/mol. The molecule has 0 saturated heterocycles. The summed E-state index contributed by atoms with van der Waals surface area (Å²) in [5, 5.41) is 5.65. The highest BCUT2D eigenvalue weighted by Crippen LogP contribution is 2.15. The Hall–Kier alpha value is -2.49. The number of rotatable bonds is 8. The zero-order valence-corrected chi connectivity index (χ0v) is 13.5.